The molecular formula is C14H24N4O3. The molecule has 0 spiro atoms. The maximum atomic E-state index is 11.3. The van der Waals surface area contributed by atoms with Gasteiger partial charge >= 0.3 is 5.97 Å². The molecule has 7 nitrogen and oxygen atoms in total. The van der Waals surface area contributed by atoms with Crippen molar-refractivity contribution in [3.63, 3.8) is 0 Å². The number of carboxylic acid groups (broad SMARTS) is 1. The molecule has 0 bridgehead atoms. The molecule has 0 aromatic carbocycles. The summed E-state index contributed by atoms with van der Waals surface area (Å²) in [6.45, 7) is 7.77. The molecule has 2 rings (SSSR count). The molecule has 1 saturated heterocycles. The van der Waals surface area contributed by atoms with Gasteiger partial charge in [0.05, 0.1) is 18.8 Å². The number of nitrogens with one attached hydrogen (secondary N) is 1. The summed E-state index contributed by atoms with van der Waals surface area (Å²) >= 11 is 0. The fourth-order valence-corrected chi connectivity index (χ4v) is 2.61. The molecule has 7 heteroatoms. The van der Waals surface area contributed by atoms with Crippen LogP contribution in [-0.2, 0) is 11.3 Å². The molecular weight excluding hydrogens is 272 g/mol. The van der Waals surface area contributed by atoms with Crippen molar-refractivity contribution in [2.75, 3.05) is 26.3 Å². The number of hydrogen-bond donors (Lipinski definition) is 2. The van der Waals surface area contributed by atoms with Crippen LogP contribution < -0.4 is 5.32 Å². The van der Waals surface area contributed by atoms with Crippen molar-refractivity contribution >= 4 is 5.97 Å². The Bertz CT molecular complexity index is 467. The quantitative estimate of drug-likeness (QED) is 0.733. The minimum atomic E-state index is -1.00. The Morgan fingerprint density at radius 2 is 2.19 bits per heavy atom. The molecule has 0 aliphatic carbocycles. The molecule has 21 heavy (non-hydrogen) atoms. The van der Waals surface area contributed by atoms with E-state index in [1.165, 1.54) is 0 Å². The molecule has 1 aromatic heterocycles. The van der Waals surface area contributed by atoms with Crippen LogP contribution in [0, 0.1) is 5.92 Å². The maximum Gasteiger partial charge on any atom is 0.358 e. The SMILES string of the molecule is CC(C)COCCn1nnc(C(=O)O)c1C1CCNCC1. The summed E-state index contributed by atoms with van der Waals surface area (Å²) in [5, 5.41) is 20.4. The Morgan fingerprint density at radius 1 is 1.48 bits per heavy atom. The second kappa shape index (κ2) is 7.51. The number of ether oxygens (including phenoxy) is 1. The molecule has 1 fully saturated rings. The van der Waals surface area contributed by atoms with E-state index in [0.29, 0.717) is 25.7 Å². The summed E-state index contributed by atoms with van der Waals surface area (Å²) in [6.07, 6.45) is 1.83. The van der Waals surface area contributed by atoms with E-state index in [4.69, 9.17) is 4.74 Å². The standard InChI is InChI=1S/C14H24N4O3/c1-10(2)9-21-8-7-18-13(11-3-5-15-6-4-11)12(14(19)20)16-17-18/h10-11,15H,3-9H2,1-2H3,(H,19,20). The van der Waals surface area contributed by atoms with Gasteiger partial charge in [-0.2, -0.15) is 0 Å². The van der Waals surface area contributed by atoms with Gasteiger partial charge < -0.3 is 15.2 Å². The van der Waals surface area contributed by atoms with Crippen molar-refractivity contribution in [1.29, 1.82) is 0 Å². The summed E-state index contributed by atoms with van der Waals surface area (Å²) in [5.74, 6) is -0.311. The molecule has 0 unspecified atom stereocenters. The van der Waals surface area contributed by atoms with Crippen LogP contribution in [0.3, 0.4) is 0 Å². The van der Waals surface area contributed by atoms with E-state index in [0.717, 1.165) is 31.6 Å². The van der Waals surface area contributed by atoms with Crippen LogP contribution in [0.4, 0.5) is 0 Å². The average molecular weight is 296 g/mol. The highest BCUT2D eigenvalue weighted by Crippen LogP contribution is 2.27. The van der Waals surface area contributed by atoms with Crippen LogP contribution in [0.15, 0.2) is 0 Å². The van der Waals surface area contributed by atoms with Gasteiger partial charge in [-0.25, -0.2) is 9.48 Å². The lowest BCUT2D eigenvalue weighted by Gasteiger charge is -2.23. The van der Waals surface area contributed by atoms with E-state index in [1.54, 1.807) is 4.68 Å². The molecule has 0 atom stereocenters. The molecule has 2 heterocycles. The lowest BCUT2D eigenvalue weighted by molar-refractivity contribution is 0.0687. The zero-order valence-electron chi connectivity index (χ0n) is 12.7. The zero-order chi connectivity index (χ0) is 15.2. The molecule has 0 amide bonds. The molecule has 1 aliphatic heterocycles. The van der Waals surface area contributed by atoms with Crippen LogP contribution in [0.5, 0.6) is 0 Å². The van der Waals surface area contributed by atoms with Crippen molar-refractivity contribution in [2.24, 2.45) is 5.92 Å². The maximum absolute atomic E-state index is 11.3. The third-order valence-corrected chi connectivity index (χ3v) is 3.60. The highest BCUT2D eigenvalue weighted by Gasteiger charge is 2.27. The normalized spacial score (nSPS) is 16.5. The summed E-state index contributed by atoms with van der Waals surface area (Å²) in [5.41, 5.74) is 0.836. The number of aromatic nitrogens is 3. The first kappa shape index (κ1) is 15.9. The van der Waals surface area contributed by atoms with E-state index < -0.39 is 5.97 Å². The Kier molecular flexibility index (Phi) is 5.69. The predicted octanol–water partition coefficient (Wildman–Crippen LogP) is 1.12. The first-order valence-corrected chi connectivity index (χ1v) is 7.54. The second-order valence-electron chi connectivity index (χ2n) is 5.84. The van der Waals surface area contributed by atoms with Crippen LogP contribution in [0.1, 0.15) is 48.8 Å². The van der Waals surface area contributed by atoms with Crippen molar-refractivity contribution in [1.82, 2.24) is 20.3 Å². The highest BCUT2D eigenvalue weighted by atomic mass is 16.5. The second-order valence-corrected chi connectivity index (χ2v) is 5.84. The Labute approximate surface area is 124 Å². The summed E-state index contributed by atoms with van der Waals surface area (Å²) in [4.78, 5) is 11.3. The van der Waals surface area contributed by atoms with Crippen LogP contribution in [-0.4, -0.2) is 52.4 Å². The first-order chi connectivity index (χ1) is 10.1. The van der Waals surface area contributed by atoms with Gasteiger partial charge in [-0.05, 0) is 31.8 Å². The van der Waals surface area contributed by atoms with Crippen molar-refractivity contribution in [3.8, 4) is 0 Å². The lowest BCUT2D eigenvalue weighted by Crippen LogP contribution is -2.29. The van der Waals surface area contributed by atoms with E-state index >= 15 is 0 Å². The Hall–Kier alpha value is -1.47. The topological polar surface area (TPSA) is 89.3 Å². The fraction of sp³-hybridized carbons (Fsp3) is 0.786. The third-order valence-electron chi connectivity index (χ3n) is 3.60. The molecule has 118 valence electrons. The minimum Gasteiger partial charge on any atom is -0.476 e. The summed E-state index contributed by atoms with van der Waals surface area (Å²) < 4.78 is 7.27. The van der Waals surface area contributed by atoms with Crippen molar-refractivity contribution in [3.05, 3.63) is 11.4 Å². The number of carbonyl (C=O) groups is 1. The monoisotopic (exact) mass is 296 g/mol. The van der Waals surface area contributed by atoms with Gasteiger partial charge in [0.1, 0.15) is 0 Å². The van der Waals surface area contributed by atoms with Gasteiger partial charge in [-0.3, -0.25) is 0 Å². The summed E-state index contributed by atoms with van der Waals surface area (Å²) in [6, 6.07) is 0. The first-order valence-electron chi connectivity index (χ1n) is 7.54. The van der Waals surface area contributed by atoms with E-state index in [9.17, 15) is 9.90 Å². The third kappa shape index (κ3) is 4.25. The number of rotatable bonds is 7. The predicted molar refractivity (Wildman–Crippen MR) is 77.5 cm³/mol. The largest absolute Gasteiger partial charge is 0.476 e. The molecule has 2 N–H and O–H groups in total. The van der Waals surface area contributed by atoms with Crippen LogP contribution >= 0.6 is 0 Å². The molecule has 1 aliphatic rings. The number of nitrogens with zero attached hydrogens (tertiary/aromatic N) is 3. The van der Waals surface area contributed by atoms with Crippen LogP contribution in [0.25, 0.3) is 0 Å². The van der Waals surface area contributed by atoms with Gasteiger partial charge in [0.2, 0.25) is 0 Å². The van der Waals surface area contributed by atoms with Crippen molar-refractivity contribution < 1.29 is 14.6 Å². The molecule has 0 saturated carbocycles. The zero-order valence-corrected chi connectivity index (χ0v) is 12.7. The van der Waals surface area contributed by atoms with Gasteiger partial charge in [-0.15, -0.1) is 5.10 Å². The van der Waals surface area contributed by atoms with Gasteiger partial charge in [0.15, 0.2) is 5.69 Å². The Morgan fingerprint density at radius 3 is 2.81 bits per heavy atom. The van der Waals surface area contributed by atoms with Gasteiger partial charge in [0.25, 0.3) is 0 Å². The van der Waals surface area contributed by atoms with Crippen LogP contribution in [0.2, 0.25) is 0 Å². The number of carboxylic acids is 1. The Balaban J connectivity index is 2.07. The van der Waals surface area contributed by atoms with E-state index in [2.05, 4.69) is 29.5 Å². The average Bonchev–Trinajstić information content (AvgIpc) is 2.88. The minimum absolute atomic E-state index is 0.0887. The van der Waals surface area contributed by atoms with Crippen molar-refractivity contribution in [2.45, 2.75) is 39.2 Å². The lowest BCUT2D eigenvalue weighted by atomic mass is 9.93. The van der Waals surface area contributed by atoms with E-state index in [1.807, 2.05) is 0 Å². The van der Waals surface area contributed by atoms with Gasteiger partial charge in [-0.1, -0.05) is 19.1 Å². The van der Waals surface area contributed by atoms with E-state index in [-0.39, 0.29) is 11.6 Å². The summed E-state index contributed by atoms with van der Waals surface area (Å²) in [7, 11) is 0. The molecule has 0 radical (unpaired) electrons. The molecule has 1 aromatic rings. The number of aromatic carboxylic acids is 1. The fourth-order valence-electron chi connectivity index (χ4n) is 2.61. The highest BCUT2D eigenvalue weighted by molar-refractivity contribution is 5.86. The number of piperidine rings is 1. The smallest absolute Gasteiger partial charge is 0.358 e. The van der Waals surface area contributed by atoms with Gasteiger partial charge in [0, 0.05) is 12.5 Å². The number of hydrogen-bond acceptors (Lipinski definition) is 5.